The van der Waals surface area contributed by atoms with Crippen LogP contribution in [0.2, 0.25) is 0 Å². The molecular formula is C14H18O3. The van der Waals surface area contributed by atoms with Gasteiger partial charge in [-0.05, 0) is 36.5 Å². The summed E-state index contributed by atoms with van der Waals surface area (Å²) in [4.78, 5) is 22.2. The van der Waals surface area contributed by atoms with Gasteiger partial charge in [0.15, 0.2) is 0 Å². The molecule has 0 heterocycles. The highest BCUT2D eigenvalue weighted by Gasteiger charge is 2.12. The largest absolute Gasteiger partial charge is 0.478 e. The van der Waals surface area contributed by atoms with Gasteiger partial charge < -0.3 is 5.11 Å². The SMILES string of the molecule is CC(=O)Cc1cc(CC(C)C)ccc1C(=O)O. The first kappa shape index (κ1) is 13.4. The van der Waals surface area contributed by atoms with Crippen LogP contribution in [0.1, 0.15) is 42.3 Å². The molecule has 0 amide bonds. The quantitative estimate of drug-likeness (QED) is 0.852. The summed E-state index contributed by atoms with van der Waals surface area (Å²) in [6.07, 6.45) is 1.08. The fraction of sp³-hybridized carbons (Fsp3) is 0.429. The van der Waals surface area contributed by atoms with E-state index in [0.717, 1.165) is 12.0 Å². The van der Waals surface area contributed by atoms with Crippen LogP contribution in [-0.2, 0) is 17.6 Å². The molecule has 17 heavy (non-hydrogen) atoms. The monoisotopic (exact) mass is 234 g/mol. The molecule has 0 radical (unpaired) electrons. The van der Waals surface area contributed by atoms with Crippen molar-refractivity contribution in [2.24, 2.45) is 5.92 Å². The Morgan fingerprint density at radius 3 is 2.41 bits per heavy atom. The van der Waals surface area contributed by atoms with Gasteiger partial charge in [0.25, 0.3) is 0 Å². The number of hydrogen-bond acceptors (Lipinski definition) is 2. The summed E-state index contributed by atoms with van der Waals surface area (Å²) < 4.78 is 0. The molecule has 1 N–H and O–H groups in total. The summed E-state index contributed by atoms with van der Waals surface area (Å²) in [6.45, 7) is 5.69. The Kier molecular flexibility index (Phi) is 4.44. The number of Topliss-reactive ketones (excluding diaryl/α,β-unsaturated/α-hetero) is 1. The minimum Gasteiger partial charge on any atom is -0.478 e. The van der Waals surface area contributed by atoms with Crippen molar-refractivity contribution in [1.29, 1.82) is 0 Å². The van der Waals surface area contributed by atoms with Gasteiger partial charge >= 0.3 is 5.97 Å². The van der Waals surface area contributed by atoms with Crippen LogP contribution in [-0.4, -0.2) is 16.9 Å². The number of carboxylic acids is 1. The van der Waals surface area contributed by atoms with Crippen molar-refractivity contribution in [2.45, 2.75) is 33.6 Å². The summed E-state index contributed by atoms with van der Waals surface area (Å²) in [7, 11) is 0. The lowest BCUT2D eigenvalue weighted by Crippen LogP contribution is -2.07. The smallest absolute Gasteiger partial charge is 0.335 e. The molecule has 1 rings (SSSR count). The molecular weight excluding hydrogens is 216 g/mol. The van der Waals surface area contributed by atoms with Crippen LogP contribution >= 0.6 is 0 Å². The van der Waals surface area contributed by atoms with E-state index in [1.165, 1.54) is 6.92 Å². The van der Waals surface area contributed by atoms with Crippen molar-refractivity contribution in [1.82, 2.24) is 0 Å². The Labute approximate surface area is 101 Å². The van der Waals surface area contributed by atoms with E-state index in [2.05, 4.69) is 13.8 Å². The predicted molar refractivity (Wildman–Crippen MR) is 66.3 cm³/mol. The molecule has 0 bridgehead atoms. The maximum absolute atomic E-state index is 11.1. The van der Waals surface area contributed by atoms with Crippen LogP contribution in [0.4, 0.5) is 0 Å². The average molecular weight is 234 g/mol. The van der Waals surface area contributed by atoms with Crippen molar-refractivity contribution < 1.29 is 14.7 Å². The van der Waals surface area contributed by atoms with Crippen LogP contribution < -0.4 is 0 Å². The molecule has 0 saturated carbocycles. The third-order valence-electron chi connectivity index (χ3n) is 2.48. The molecule has 0 aromatic heterocycles. The molecule has 0 unspecified atom stereocenters. The van der Waals surface area contributed by atoms with Crippen molar-refractivity contribution in [3.05, 3.63) is 34.9 Å². The molecule has 0 aliphatic carbocycles. The zero-order valence-corrected chi connectivity index (χ0v) is 10.5. The summed E-state index contributed by atoms with van der Waals surface area (Å²) in [5.41, 5.74) is 1.93. The number of carbonyl (C=O) groups excluding carboxylic acids is 1. The molecule has 0 fully saturated rings. The Morgan fingerprint density at radius 2 is 1.94 bits per heavy atom. The topological polar surface area (TPSA) is 54.4 Å². The van der Waals surface area contributed by atoms with Gasteiger partial charge in [-0.3, -0.25) is 4.79 Å². The molecule has 1 aromatic carbocycles. The Hall–Kier alpha value is -1.64. The van der Waals surface area contributed by atoms with E-state index in [-0.39, 0.29) is 17.8 Å². The van der Waals surface area contributed by atoms with Gasteiger partial charge in [0.1, 0.15) is 5.78 Å². The Bertz CT molecular complexity index is 433. The van der Waals surface area contributed by atoms with Crippen LogP contribution in [0.3, 0.4) is 0 Å². The lowest BCUT2D eigenvalue weighted by molar-refractivity contribution is -0.116. The van der Waals surface area contributed by atoms with Gasteiger partial charge in [-0.25, -0.2) is 4.79 Å². The fourth-order valence-electron chi connectivity index (χ4n) is 1.87. The van der Waals surface area contributed by atoms with E-state index in [1.54, 1.807) is 6.07 Å². The molecule has 1 aromatic rings. The van der Waals surface area contributed by atoms with Crippen molar-refractivity contribution in [3.8, 4) is 0 Å². The van der Waals surface area contributed by atoms with Gasteiger partial charge in [0.2, 0.25) is 0 Å². The summed E-state index contributed by atoms with van der Waals surface area (Å²) >= 11 is 0. The number of aromatic carboxylic acids is 1. The molecule has 0 atom stereocenters. The molecule has 3 nitrogen and oxygen atoms in total. The molecule has 0 aliphatic heterocycles. The highest BCUT2D eigenvalue weighted by molar-refractivity contribution is 5.91. The van der Waals surface area contributed by atoms with E-state index >= 15 is 0 Å². The average Bonchev–Trinajstić information content (AvgIpc) is 2.15. The second-order valence-electron chi connectivity index (χ2n) is 4.77. The van der Waals surface area contributed by atoms with E-state index in [1.807, 2.05) is 12.1 Å². The van der Waals surface area contributed by atoms with Gasteiger partial charge in [0.05, 0.1) is 5.56 Å². The van der Waals surface area contributed by atoms with Crippen molar-refractivity contribution in [2.75, 3.05) is 0 Å². The van der Waals surface area contributed by atoms with E-state index in [0.29, 0.717) is 11.5 Å². The molecule has 0 spiro atoms. The first-order valence-corrected chi connectivity index (χ1v) is 5.74. The maximum atomic E-state index is 11.1. The molecule has 0 saturated heterocycles. The van der Waals surface area contributed by atoms with Gasteiger partial charge in [-0.15, -0.1) is 0 Å². The summed E-state index contributed by atoms with van der Waals surface area (Å²) in [5.74, 6) is -0.484. The lowest BCUT2D eigenvalue weighted by Gasteiger charge is -2.09. The number of carbonyl (C=O) groups is 2. The standard InChI is InChI=1S/C14H18O3/c1-9(2)6-11-4-5-13(14(16)17)12(8-11)7-10(3)15/h4-5,8-9H,6-7H2,1-3H3,(H,16,17). The Balaban J connectivity index is 3.09. The number of rotatable bonds is 5. The third kappa shape index (κ3) is 4.02. The highest BCUT2D eigenvalue weighted by Crippen LogP contribution is 2.16. The first-order chi connectivity index (χ1) is 7.90. The van der Waals surface area contributed by atoms with Crippen LogP contribution in [0.15, 0.2) is 18.2 Å². The second-order valence-corrected chi connectivity index (χ2v) is 4.77. The van der Waals surface area contributed by atoms with E-state index in [4.69, 9.17) is 5.11 Å². The van der Waals surface area contributed by atoms with Crippen LogP contribution in [0.25, 0.3) is 0 Å². The zero-order chi connectivity index (χ0) is 13.0. The predicted octanol–water partition coefficient (Wildman–Crippen LogP) is 2.71. The number of ketones is 1. The molecule has 0 aliphatic rings. The number of hydrogen-bond donors (Lipinski definition) is 1. The number of carboxylic acid groups (broad SMARTS) is 1. The fourth-order valence-corrected chi connectivity index (χ4v) is 1.87. The Morgan fingerprint density at radius 1 is 1.29 bits per heavy atom. The minimum absolute atomic E-state index is 0.0193. The lowest BCUT2D eigenvalue weighted by atomic mass is 9.95. The van der Waals surface area contributed by atoms with Crippen molar-refractivity contribution in [3.63, 3.8) is 0 Å². The molecule has 92 valence electrons. The highest BCUT2D eigenvalue weighted by atomic mass is 16.4. The normalized spacial score (nSPS) is 10.6. The van der Waals surface area contributed by atoms with Gasteiger partial charge in [-0.2, -0.15) is 0 Å². The van der Waals surface area contributed by atoms with Crippen LogP contribution in [0, 0.1) is 5.92 Å². The molecule has 3 heteroatoms. The van der Waals surface area contributed by atoms with Gasteiger partial charge in [-0.1, -0.05) is 26.0 Å². The van der Waals surface area contributed by atoms with Crippen molar-refractivity contribution >= 4 is 11.8 Å². The third-order valence-corrected chi connectivity index (χ3v) is 2.48. The first-order valence-electron chi connectivity index (χ1n) is 5.74. The van der Waals surface area contributed by atoms with E-state index < -0.39 is 5.97 Å². The maximum Gasteiger partial charge on any atom is 0.335 e. The minimum atomic E-state index is -0.975. The van der Waals surface area contributed by atoms with E-state index in [9.17, 15) is 9.59 Å². The summed E-state index contributed by atoms with van der Waals surface area (Å²) in [6, 6.07) is 5.26. The number of benzene rings is 1. The van der Waals surface area contributed by atoms with Gasteiger partial charge in [0, 0.05) is 6.42 Å². The second kappa shape index (κ2) is 5.62. The van der Waals surface area contributed by atoms with Crippen LogP contribution in [0.5, 0.6) is 0 Å². The zero-order valence-electron chi connectivity index (χ0n) is 10.5. The summed E-state index contributed by atoms with van der Waals surface area (Å²) in [5, 5.41) is 9.04.